The van der Waals surface area contributed by atoms with Crippen molar-refractivity contribution in [1.29, 1.82) is 0 Å². The normalized spacial score (nSPS) is 12.0. The molecule has 202 valence electrons. The largest absolute Gasteiger partial charge is 0.252 e. The van der Waals surface area contributed by atoms with Crippen LogP contribution in [0.25, 0.3) is 22.5 Å². The Balaban J connectivity index is 1.73. The molecule has 0 saturated heterocycles. The fraction of sp³-hybridized carbons (Fsp3) is 0.125. The second kappa shape index (κ2) is 10.9. The van der Waals surface area contributed by atoms with Crippen molar-refractivity contribution in [2.24, 2.45) is 0 Å². The lowest BCUT2D eigenvalue weighted by Gasteiger charge is -2.23. The van der Waals surface area contributed by atoms with Gasteiger partial charge in [-0.25, -0.2) is 22.0 Å². The van der Waals surface area contributed by atoms with E-state index in [-0.39, 0.29) is 27.0 Å². The van der Waals surface area contributed by atoms with Crippen molar-refractivity contribution in [1.82, 2.24) is 9.97 Å². The quantitative estimate of drug-likeness (QED) is 0.147. The maximum Gasteiger partial charge on any atom is 0.195 e. The second-order valence-corrected chi connectivity index (χ2v) is 10.4. The highest BCUT2D eigenvalue weighted by molar-refractivity contribution is 9.10. The minimum absolute atomic E-state index is 0.108. The van der Waals surface area contributed by atoms with Crippen molar-refractivity contribution in [3.05, 3.63) is 140 Å². The predicted octanol–water partition coefficient (Wildman–Crippen LogP) is 9.37. The van der Waals surface area contributed by atoms with Crippen LogP contribution >= 0.6 is 15.9 Å². The Hall–Kier alpha value is -3.91. The number of benzene rings is 3. The number of nitrogens with zero attached hydrogens (tertiary/aromatic N) is 2. The molecule has 0 N–H and O–H groups in total. The van der Waals surface area contributed by atoms with Crippen molar-refractivity contribution in [2.45, 2.75) is 26.7 Å². The van der Waals surface area contributed by atoms with Gasteiger partial charge in [-0.2, -0.15) is 0 Å². The van der Waals surface area contributed by atoms with E-state index >= 15 is 4.39 Å². The third-order valence-electron chi connectivity index (χ3n) is 6.78. The first-order chi connectivity index (χ1) is 19.1. The summed E-state index contributed by atoms with van der Waals surface area (Å²) in [4.78, 5) is 9.45. The van der Waals surface area contributed by atoms with Crippen LogP contribution in [0.15, 0.2) is 77.3 Å². The zero-order chi connectivity index (χ0) is 28.7. The first-order valence-corrected chi connectivity index (χ1v) is 13.2. The number of rotatable bonds is 5. The van der Waals surface area contributed by atoms with Gasteiger partial charge in [0.2, 0.25) is 0 Å². The summed E-state index contributed by atoms with van der Waals surface area (Å²) in [7, 11) is 0. The lowest BCUT2D eigenvalue weighted by Crippen LogP contribution is -2.12. The molecular formula is C32H22BrF5N2. The average molecular weight is 609 g/mol. The van der Waals surface area contributed by atoms with E-state index in [2.05, 4.69) is 20.9 Å². The van der Waals surface area contributed by atoms with Crippen LogP contribution < -0.4 is 0 Å². The van der Waals surface area contributed by atoms with Gasteiger partial charge in [-0.05, 0) is 102 Å². The summed E-state index contributed by atoms with van der Waals surface area (Å²) in [6, 6.07) is 18.6. The highest BCUT2D eigenvalue weighted by atomic mass is 79.9. The number of hydrogen-bond acceptors (Lipinski definition) is 2. The van der Waals surface area contributed by atoms with Crippen LogP contribution in [-0.2, 0) is 0 Å². The van der Waals surface area contributed by atoms with E-state index in [0.29, 0.717) is 11.4 Å². The van der Waals surface area contributed by atoms with Crippen LogP contribution in [0, 0.1) is 49.9 Å². The Morgan fingerprint density at radius 1 is 0.600 bits per heavy atom. The van der Waals surface area contributed by atoms with Crippen LogP contribution in [0.4, 0.5) is 22.0 Å². The zero-order valence-corrected chi connectivity index (χ0v) is 23.3. The van der Waals surface area contributed by atoms with Crippen LogP contribution in [-0.4, -0.2) is 9.97 Å². The van der Waals surface area contributed by atoms with E-state index in [1.54, 1.807) is 30.3 Å². The maximum atomic E-state index is 15.0. The Morgan fingerprint density at radius 3 is 1.65 bits per heavy atom. The van der Waals surface area contributed by atoms with Crippen molar-refractivity contribution in [3.8, 4) is 22.5 Å². The van der Waals surface area contributed by atoms with Gasteiger partial charge >= 0.3 is 0 Å². The number of aryl methyl sites for hydroxylation is 3. The molecule has 0 aliphatic rings. The number of aromatic nitrogens is 2. The molecule has 0 spiro atoms. The topological polar surface area (TPSA) is 25.8 Å². The minimum Gasteiger partial charge on any atom is -0.252 e. The zero-order valence-electron chi connectivity index (χ0n) is 21.7. The SMILES string of the molecule is Cc1cc(C)c(C(c2cccc(-c3ccc(F)c(F)c3F)n2)c2cccc(-c3ccc(F)c(Br)c3F)n2)c(C)c1. The summed E-state index contributed by atoms with van der Waals surface area (Å²) in [6.07, 6.45) is 0. The monoisotopic (exact) mass is 608 g/mol. The molecule has 3 aromatic carbocycles. The molecule has 2 heterocycles. The van der Waals surface area contributed by atoms with E-state index in [1.165, 1.54) is 12.1 Å². The summed E-state index contributed by atoms with van der Waals surface area (Å²) in [6.45, 7) is 5.90. The fourth-order valence-electron chi connectivity index (χ4n) is 5.07. The van der Waals surface area contributed by atoms with Gasteiger partial charge in [-0.1, -0.05) is 29.8 Å². The minimum atomic E-state index is -1.58. The molecule has 0 aliphatic carbocycles. The van der Waals surface area contributed by atoms with E-state index in [1.807, 2.05) is 32.9 Å². The summed E-state index contributed by atoms with van der Waals surface area (Å²) >= 11 is 2.95. The summed E-state index contributed by atoms with van der Waals surface area (Å²) < 4.78 is 71.0. The maximum absolute atomic E-state index is 15.0. The highest BCUT2D eigenvalue weighted by Gasteiger charge is 2.26. The van der Waals surface area contributed by atoms with Crippen LogP contribution in [0.3, 0.4) is 0 Å². The molecule has 0 amide bonds. The molecule has 40 heavy (non-hydrogen) atoms. The molecule has 2 nitrogen and oxygen atoms in total. The molecular weight excluding hydrogens is 587 g/mol. The van der Waals surface area contributed by atoms with Gasteiger partial charge in [-0.3, -0.25) is 9.97 Å². The number of pyridine rings is 2. The molecule has 2 aromatic heterocycles. The van der Waals surface area contributed by atoms with Crippen molar-refractivity contribution in [3.63, 3.8) is 0 Å². The Labute approximate surface area is 236 Å². The third-order valence-corrected chi connectivity index (χ3v) is 7.51. The van der Waals surface area contributed by atoms with E-state index in [0.717, 1.165) is 40.5 Å². The van der Waals surface area contributed by atoms with Gasteiger partial charge in [0.05, 0.1) is 33.2 Å². The molecule has 5 aromatic rings. The number of halogens is 6. The number of hydrogen-bond donors (Lipinski definition) is 0. The molecule has 0 radical (unpaired) electrons. The third kappa shape index (κ3) is 5.04. The van der Waals surface area contributed by atoms with Gasteiger partial charge in [0.15, 0.2) is 17.5 Å². The molecule has 1 unspecified atom stereocenters. The average Bonchev–Trinajstić information content (AvgIpc) is 2.92. The van der Waals surface area contributed by atoms with Crippen LogP contribution in [0.2, 0.25) is 0 Å². The fourth-order valence-corrected chi connectivity index (χ4v) is 5.41. The first kappa shape index (κ1) is 27.6. The highest BCUT2D eigenvalue weighted by Crippen LogP contribution is 2.37. The van der Waals surface area contributed by atoms with Gasteiger partial charge in [0, 0.05) is 11.1 Å². The van der Waals surface area contributed by atoms with Crippen molar-refractivity contribution < 1.29 is 22.0 Å². The Morgan fingerprint density at radius 2 is 1.10 bits per heavy atom. The van der Waals surface area contributed by atoms with Gasteiger partial charge in [0.25, 0.3) is 0 Å². The van der Waals surface area contributed by atoms with E-state index in [9.17, 15) is 17.6 Å². The smallest absolute Gasteiger partial charge is 0.195 e. The molecule has 0 fully saturated rings. The summed E-state index contributed by atoms with van der Waals surface area (Å²) in [5, 5.41) is 0. The van der Waals surface area contributed by atoms with Crippen molar-refractivity contribution in [2.75, 3.05) is 0 Å². The molecule has 8 heteroatoms. The summed E-state index contributed by atoms with van der Waals surface area (Å²) in [5.74, 6) is -6.29. The first-order valence-electron chi connectivity index (χ1n) is 12.4. The molecule has 5 rings (SSSR count). The Bertz CT molecular complexity index is 1650. The summed E-state index contributed by atoms with van der Waals surface area (Å²) in [5.41, 5.74) is 5.18. The molecule has 0 saturated carbocycles. The molecule has 0 bridgehead atoms. The van der Waals surface area contributed by atoms with Gasteiger partial charge in [-0.15, -0.1) is 0 Å². The van der Waals surface area contributed by atoms with E-state index in [4.69, 9.17) is 4.98 Å². The van der Waals surface area contributed by atoms with Gasteiger partial charge < -0.3 is 0 Å². The standard InChI is InChI=1S/C32H22BrF5N2/c1-16-14-17(2)27(18(3)15-16)28(25-8-4-6-23(39-25)19-10-12-21(34)29(33)30(19)36)26-9-5-7-24(40-26)20-11-13-22(35)32(38)31(20)37/h4-15,28H,1-3H3. The van der Waals surface area contributed by atoms with E-state index < -0.39 is 35.0 Å². The predicted molar refractivity (Wildman–Crippen MR) is 148 cm³/mol. The van der Waals surface area contributed by atoms with Crippen molar-refractivity contribution >= 4 is 15.9 Å². The van der Waals surface area contributed by atoms with Gasteiger partial charge in [0.1, 0.15) is 11.6 Å². The molecule has 1 atom stereocenters. The Kier molecular flexibility index (Phi) is 7.55. The lowest BCUT2D eigenvalue weighted by atomic mass is 9.84. The lowest BCUT2D eigenvalue weighted by molar-refractivity contribution is 0.449. The van der Waals surface area contributed by atoms with Crippen LogP contribution in [0.1, 0.15) is 39.6 Å². The second-order valence-electron chi connectivity index (χ2n) is 9.59. The van der Waals surface area contributed by atoms with Crippen LogP contribution in [0.5, 0.6) is 0 Å². The molecule has 0 aliphatic heterocycles.